The highest BCUT2D eigenvalue weighted by Crippen LogP contribution is 2.35. The summed E-state index contributed by atoms with van der Waals surface area (Å²) in [5.74, 6) is 1.14. The minimum absolute atomic E-state index is 0.0922. The lowest BCUT2D eigenvalue weighted by Gasteiger charge is -2.17. The third-order valence-electron chi connectivity index (χ3n) is 2.62. The molecule has 2 N–H and O–H groups in total. The lowest BCUT2D eigenvalue weighted by molar-refractivity contribution is 0.0112. The van der Waals surface area contributed by atoms with Gasteiger partial charge in [-0.3, -0.25) is 0 Å². The van der Waals surface area contributed by atoms with Crippen LogP contribution in [0, 0.1) is 0 Å². The van der Waals surface area contributed by atoms with Crippen molar-refractivity contribution in [3.8, 4) is 11.5 Å². The fourth-order valence-electron chi connectivity index (χ4n) is 1.59. The van der Waals surface area contributed by atoms with E-state index in [1.54, 1.807) is 26.4 Å². The second kappa shape index (κ2) is 8.19. The van der Waals surface area contributed by atoms with E-state index in [2.05, 4.69) is 5.32 Å². The number of anilines is 1. The smallest absolute Gasteiger partial charge is 0.145 e. The molecule has 1 aromatic carbocycles. The van der Waals surface area contributed by atoms with Gasteiger partial charge in [-0.2, -0.15) is 0 Å². The number of nitrogens with one attached hydrogen (secondary N) is 1. The van der Waals surface area contributed by atoms with Crippen molar-refractivity contribution in [3.63, 3.8) is 0 Å². The van der Waals surface area contributed by atoms with Gasteiger partial charge in [0.25, 0.3) is 0 Å². The molecule has 0 radical (unpaired) electrons. The molecule has 0 aliphatic rings. The third-order valence-corrected chi connectivity index (χ3v) is 2.92. The van der Waals surface area contributed by atoms with E-state index in [1.165, 1.54) is 0 Å². The van der Waals surface area contributed by atoms with E-state index in [1.807, 2.05) is 13.8 Å². The molecule has 0 aromatic heterocycles. The molecule has 0 bridgehead atoms. The van der Waals surface area contributed by atoms with Crippen molar-refractivity contribution in [3.05, 3.63) is 17.2 Å². The van der Waals surface area contributed by atoms with E-state index >= 15 is 0 Å². The van der Waals surface area contributed by atoms with E-state index in [0.717, 1.165) is 0 Å². The lowest BCUT2D eigenvalue weighted by Crippen LogP contribution is -2.26. The maximum absolute atomic E-state index is 9.81. The number of hydrogen-bond acceptors (Lipinski definition) is 5. The molecule has 0 heterocycles. The number of benzene rings is 1. The normalized spacial score (nSPS) is 12.3. The van der Waals surface area contributed by atoms with Gasteiger partial charge in [-0.15, -0.1) is 0 Å². The van der Waals surface area contributed by atoms with Crippen molar-refractivity contribution >= 4 is 17.3 Å². The molecule has 0 saturated carbocycles. The predicted molar refractivity (Wildman–Crippen MR) is 80.1 cm³/mol. The van der Waals surface area contributed by atoms with Crippen LogP contribution in [0.3, 0.4) is 0 Å². The van der Waals surface area contributed by atoms with E-state index in [0.29, 0.717) is 28.8 Å². The summed E-state index contributed by atoms with van der Waals surface area (Å²) in [5.41, 5.74) is 0.696. The number of ether oxygens (including phenoxy) is 3. The van der Waals surface area contributed by atoms with Gasteiger partial charge >= 0.3 is 0 Å². The SMILES string of the molecule is COc1cc(OC)c(NCC(O)COC(C)C)cc1Cl. The largest absolute Gasteiger partial charge is 0.495 e. The average Bonchev–Trinajstić information content (AvgIpc) is 2.42. The Kier molecular flexibility index (Phi) is 6.91. The topological polar surface area (TPSA) is 60.0 Å². The Balaban J connectivity index is 2.65. The zero-order valence-electron chi connectivity index (χ0n) is 12.3. The highest BCUT2D eigenvalue weighted by atomic mass is 35.5. The first-order valence-electron chi connectivity index (χ1n) is 6.43. The molecule has 6 heteroatoms. The second-order valence-corrected chi connectivity index (χ2v) is 5.01. The molecule has 20 heavy (non-hydrogen) atoms. The maximum Gasteiger partial charge on any atom is 0.145 e. The van der Waals surface area contributed by atoms with Crippen molar-refractivity contribution in [2.45, 2.75) is 26.1 Å². The first-order valence-corrected chi connectivity index (χ1v) is 6.80. The van der Waals surface area contributed by atoms with Crippen molar-refractivity contribution in [1.82, 2.24) is 0 Å². The number of hydrogen-bond donors (Lipinski definition) is 2. The van der Waals surface area contributed by atoms with Crippen LogP contribution < -0.4 is 14.8 Å². The molecule has 0 fully saturated rings. The Morgan fingerprint density at radius 3 is 2.40 bits per heavy atom. The van der Waals surface area contributed by atoms with E-state index in [9.17, 15) is 5.11 Å². The van der Waals surface area contributed by atoms with E-state index < -0.39 is 6.10 Å². The van der Waals surface area contributed by atoms with Crippen molar-refractivity contribution < 1.29 is 19.3 Å². The third kappa shape index (κ3) is 5.07. The molecule has 1 unspecified atom stereocenters. The molecule has 0 aliphatic carbocycles. The Bertz CT molecular complexity index is 426. The van der Waals surface area contributed by atoms with Crippen LogP contribution in [0.25, 0.3) is 0 Å². The molecule has 1 aromatic rings. The zero-order chi connectivity index (χ0) is 15.1. The van der Waals surface area contributed by atoms with Crippen molar-refractivity contribution in [1.29, 1.82) is 0 Å². The first-order chi connectivity index (χ1) is 9.47. The lowest BCUT2D eigenvalue weighted by atomic mass is 10.2. The summed E-state index contributed by atoms with van der Waals surface area (Å²) in [5, 5.41) is 13.4. The van der Waals surface area contributed by atoms with Crippen LogP contribution in [0.4, 0.5) is 5.69 Å². The average molecular weight is 304 g/mol. The molecule has 0 spiro atoms. The van der Waals surface area contributed by atoms with Gasteiger partial charge in [-0.25, -0.2) is 0 Å². The molecule has 1 rings (SSSR count). The summed E-state index contributed by atoms with van der Waals surface area (Å²) in [6.45, 7) is 4.46. The zero-order valence-corrected chi connectivity index (χ0v) is 13.0. The summed E-state index contributed by atoms with van der Waals surface area (Å²) in [4.78, 5) is 0. The molecule has 0 aliphatic heterocycles. The summed E-state index contributed by atoms with van der Waals surface area (Å²) < 4.78 is 15.7. The van der Waals surface area contributed by atoms with Gasteiger partial charge in [0.1, 0.15) is 11.5 Å². The molecule has 114 valence electrons. The summed E-state index contributed by atoms with van der Waals surface area (Å²) in [7, 11) is 3.10. The second-order valence-electron chi connectivity index (χ2n) is 4.60. The minimum Gasteiger partial charge on any atom is -0.495 e. The number of methoxy groups -OCH3 is 2. The molecule has 0 amide bonds. The predicted octanol–water partition coefficient (Wildman–Crippen LogP) is 2.56. The van der Waals surface area contributed by atoms with Gasteiger partial charge < -0.3 is 24.6 Å². The summed E-state index contributed by atoms with van der Waals surface area (Å²) in [6.07, 6.45) is -0.516. The van der Waals surface area contributed by atoms with Gasteiger partial charge in [0.2, 0.25) is 0 Å². The van der Waals surface area contributed by atoms with Crippen LogP contribution >= 0.6 is 11.6 Å². The van der Waals surface area contributed by atoms with Gasteiger partial charge in [0, 0.05) is 12.6 Å². The van der Waals surface area contributed by atoms with Crippen LogP contribution in [0.1, 0.15) is 13.8 Å². The standard InChI is InChI=1S/C14H22ClNO4/c1-9(2)20-8-10(17)7-16-12-5-11(15)13(18-3)6-14(12)19-4/h5-6,9-10,16-17H,7-8H2,1-4H3. The fraction of sp³-hybridized carbons (Fsp3) is 0.571. The van der Waals surface area contributed by atoms with Crippen LogP contribution in [-0.4, -0.2) is 44.7 Å². The summed E-state index contributed by atoms with van der Waals surface area (Å²) in [6, 6.07) is 3.40. The summed E-state index contributed by atoms with van der Waals surface area (Å²) >= 11 is 6.07. The quantitative estimate of drug-likeness (QED) is 0.773. The Hall–Kier alpha value is -1.17. The minimum atomic E-state index is -0.608. The van der Waals surface area contributed by atoms with Crippen LogP contribution in [0.5, 0.6) is 11.5 Å². The molecular weight excluding hydrogens is 282 g/mol. The van der Waals surface area contributed by atoms with Crippen LogP contribution in [0.15, 0.2) is 12.1 Å². The van der Waals surface area contributed by atoms with Crippen molar-refractivity contribution in [2.75, 3.05) is 32.7 Å². The van der Waals surface area contributed by atoms with Crippen LogP contribution in [0.2, 0.25) is 5.02 Å². The number of aliphatic hydroxyl groups is 1. The Morgan fingerprint density at radius 1 is 1.20 bits per heavy atom. The molecule has 1 atom stereocenters. The Labute approximate surface area is 124 Å². The maximum atomic E-state index is 9.81. The first kappa shape index (κ1) is 16.9. The Morgan fingerprint density at radius 2 is 1.85 bits per heavy atom. The monoisotopic (exact) mass is 303 g/mol. The molecule has 0 saturated heterocycles. The molecule has 5 nitrogen and oxygen atoms in total. The van der Waals surface area contributed by atoms with Gasteiger partial charge in [-0.1, -0.05) is 11.6 Å². The molecular formula is C14H22ClNO4. The highest BCUT2D eigenvalue weighted by molar-refractivity contribution is 6.32. The van der Waals surface area contributed by atoms with E-state index in [-0.39, 0.29) is 12.7 Å². The van der Waals surface area contributed by atoms with Gasteiger partial charge in [0.05, 0.1) is 43.7 Å². The van der Waals surface area contributed by atoms with E-state index in [4.69, 9.17) is 25.8 Å². The fourth-order valence-corrected chi connectivity index (χ4v) is 1.83. The van der Waals surface area contributed by atoms with Crippen LogP contribution in [-0.2, 0) is 4.74 Å². The number of rotatable bonds is 8. The van der Waals surface area contributed by atoms with Gasteiger partial charge in [-0.05, 0) is 19.9 Å². The van der Waals surface area contributed by atoms with Gasteiger partial charge in [0.15, 0.2) is 0 Å². The van der Waals surface area contributed by atoms with Crippen molar-refractivity contribution in [2.24, 2.45) is 0 Å². The highest BCUT2D eigenvalue weighted by Gasteiger charge is 2.12. The number of halogens is 1. The number of aliphatic hydroxyl groups excluding tert-OH is 1.